The van der Waals surface area contributed by atoms with Crippen LogP contribution in [0.15, 0.2) is 24.4 Å². The maximum atomic E-state index is 13.6. The number of alkyl halides is 3. The summed E-state index contributed by atoms with van der Waals surface area (Å²) in [5.41, 5.74) is -0.328. The largest absolute Gasteiger partial charge is 0.433 e. The number of pyridine rings is 2. The molecule has 1 saturated carbocycles. The van der Waals surface area contributed by atoms with Gasteiger partial charge in [0.1, 0.15) is 5.69 Å². The predicted molar refractivity (Wildman–Crippen MR) is 129 cm³/mol. The third kappa shape index (κ3) is 4.42. The molecule has 1 saturated heterocycles. The number of amides is 2. The van der Waals surface area contributed by atoms with Gasteiger partial charge in [-0.25, -0.2) is 4.98 Å². The Bertz CT molecular complexity index is 1560. The number of aryl methyl sites for hydroxylation is 1. The van der Waals surface area contributed by atoms with Crippen molar-refractivity contribution in [2.24, 2.45) is 17.3 Å². The van der Waals surface area contributed by atoms with Crippen LogP contribution in [0.25, 0.3) is 21.3 Å². The fraction of sp³-hybridized carbons (Fsp3) is 0.417. The van der Waals surface area contributed by atoms with E-state index in [9.17, 15) is 31.2 Å². The number of imide groups is 1. The molecule has 2 unspecified atom stereocenters. The molecule has 1 aliphatic carbocycles. The molecule has 0 radical (unpaired) electrons. The van der Waals surface area contributed by atoms with Crippen LogP contribution in [0.4, 0.5) is 13.2 Å². The Labute approximate surface area is 214 Å². The summed E-state index contributed by atoms with van der Waals surface area (Å²) in [6.07, 6.45) is -2.45. The Hall–Kier alpha value is -2.90. The van der Waals surface area contributed by atoms with Crippen LogP contribution in [0.1, 0.15) is 35.7 Å². The van der Waals surface area contributed by atoms with Gasteiger partial charge in [0.25, 0.3) is 10.1 Å². The summed E-state index contributed by atoms with van der Waals surface area (Å²) in [6, 6.07) is 4.10. The Kier molecular flexibility index (Phi) is 5.77. The second kappa shape index (κ2) is 8.30. The van der Waals surface area contributed by atoms with E-state index >= 15 is 0 Å². The number of piperidine rings is 1. The number of hydrogen-bond acceptors (Lipinski definition) is 8. The van der Waals surface area contributed by atoms with Gasteiger partial charge in [0.15, 0.2) is 0 Å². The van der Waals surface area contributed by atoms with Crippen molar-refractivity contribution < 1.29 is 35.4 Å². The summed E-state index contributed by atoms with van der Waals surface area (Å²) < 4.78 is 69.5. The molecule has 0 spiro atoms. The summed E-state index contributed by atoms with van der Waals surface area (Å²) in [4.78, 5) is 35.3. The molecule has 1 aliphatic heterocycles. The molecule has 13 heteroatoms. The predicted octanol–water partition coefficient (Wildman–Crippen LogP) is 4.30. The van der Waals surface area contributed by atoms with Crippen molar-refractivity contribution in [3.63, 3.8) is 0 Å². The molecule has 3 aromatic rings. The molecule has 0 bridgehead atoms. The van der Waals surface area contributed by atoms with Crippen molar-refractivity contribution in [2.45, 2.75) is 40.1 Å². The van der Waals surface area contributed by atoms with Crippen LogP contribution in [0.3, 0.4) is 0 Å². The van der Waals surface area contributed by atoms with Crippen molar-refractivity contribution >= 4 is 43.5 Å². The lowest BCUT2D eigenvalue weighted by Gasteiger charge is -2.19. The van der Waals surface area contributed by atoms with Crippen LogP contribution in [0.2, 0.25) is 0 Å². The second-order valence-corrected chi connectivity index (χ2v) is 12.7. The number of rotatable bonds is 6. The van der Waals surface area contributed by atoms with E-state index in [0.29, 0.717) is 20.7 Å². The molecule has 2 fully saturated rings. The number of carbonyl (C=O) groups is 2. The van der Waals surface area contributed by atoms with Gasteiger partial charge in [0, 0.05) is 27.9 Å². The van der Waals surface area contributed by atoms with Crippen LogP contribution in [0.5, 0.6) is 0 Å². The quantitative estimate of drug-likeness (QED) is 0.331. The monoisotopic (exact) mass is 553 g/mol. The summed E-state index contributed by atoms with van der Waals surface area (Å²) in [6.45, 7) is 4.69. The molecular formula is C24H22F3N3O5S2. The molecule has 8 nitrogen and oxygen atoms in total. The summed E-state index contributed by atoms with van der Waals surface area (Å²) in [7, 11) is -3.88. The fourth-order valence-corrected chi connectivity index (χ4v) is 6.49. The zero-order valence-corrected chi connectivity index (χ0v) is 21.8. The lowest BCUT2D eigenvalue weighted by atomic mass is 9.98. The first-order valence-electron chi connectivity index (χ1n) is 11.2. The van der Waals surface area contributed by atoms with Crippen LogP contribution >= 0.6 is 11.3 Å². The van der Waals surface area contributed by atoms with Crippen molar-refractivity contribution in [1.29, 1.82) is 0 Å². The zero-order valence-electron chi connectivity index (χ0n) is 20.2. The van der Waals surface area contributed by atoms with Crippen molar-refractivity contribution in [2.75, 3.05) is 6.26 Å². The first kappa shape index (κ1) is 25.7. The average Bonchev–Trinajstić information content (AvgIpc) is 3.02. The first-order valence-corrected chi connectivity index (χ1v) is 13.9. The standard InChI is InChI=1S/C24H22F3N3O5S2/c1-11-15(10-35-37(4,33)34)14(8-17(29-11)24(25,26)27)13-5-6-28-16-7-12(36-20(13)16)9-30-21(31)18-19(22(30)32)23(18,2)3/h5-8,18-19H,9-10H2,1-4H3. The third-order valence-electron chi connectivity index (χ3n) is 7.00. The van der Waals surface area contributed by atoms with Crippen LogP contribution in [-0.4, -0.2) is 41.4 Å². The highest BCUT2D eigenvalue weighted by Crippen LogP contribution is 2.63. The molecule has 3 aromatic heterocycles. The minimum absolute atomic E-state index is 0.0229. The number of likely N-dealkylation sites (tertiary alicyclic amines) is 1. The molecule has 0 aromatic carbocycles. The lowest BCUT2D eigenvalue weighted by Crippen LogP contribution is -2.35. The molecule has 5 rings (SSSR count). The molecule has 196 valence electrons. The van der Waals surface area contributed by atoms with Gasteiger partial charge in [-0.05, 0) is 36.1 Å². The Morgan fingerprint density at radius 1 is 1.14 bits per heavy atom. The maximum absolute atomic E-state index is 13.6. The van der Waals surface area contributed by atoms with Crippen LogP contribution in [0, 0.1) is 24.2 Å². The van der Waals surface area contributed by atoms with E-state index in [1.54, 1.807) is 6.07 Å². The van der Waals surface area contributed by atoms with Gasteiger partial charge in [-0.2, -0.15) is 21.6 Å². The average molecular weight is 554 g/mol. The highest BCUT2D eigenvalue weighted by atomic mass is 32.2. The minimum atomic E-state index is -4.73. The van der Waals surface area contributed by atoms with E-state index in [-0.39, 0.29) is 52.4 Å². The SMILES string of the molecule is Cc1nc(C(F)(F)F)cc(-c2ccnc3cc(CN4C(=O)C5C(C4=O)C5(C)C)sc23)c1COS(C)(=O)=O. The van der Waals surface area contributed by atoms with Gasteiger partial charge >= 0.3 is 6.18 Å². The van der Waals surface area contributed by atoms with Gasteiger partial charge in [0.2, 0.25) is 11.8 Å². The molecule has 37 heavy (non-hydrogen) atoms. The van der Waals surface area contributed by atoms with E-state index < -0.39 is 28.6 Å². The van der Waals surface area contributed by atoms with Gasteiger partial charge in [-0.15, -0.1) is 11.3 Å². The van der Waals surface area contributed by atoms with E-state index in [0.717, 1.165) is 12.3 Å². The number of carbonyl (C=O) groups excluding carboxylic acids is 2. The van der Waals surface area contributed by atoms with E-state index in [4.69, 9.17) is 4.18 Å². The smallest absolute Gasteiger partial charge is 0.277 e. The number of hydrogen-bond donors (Lipinski definition) is 0. The van der Waals surface area contributed by atoms with E-state index in [2.05, 4.69) is 9.97 Å². The Morgan fingerprint density at radius 3 is 2.38 bits per heavy atom. The maximum Gasteiger partial charge on any atom is 0.433 e. The number of aromatic nitrogens is 2. The summed E-state index contributed by atoms with van der Waals surface area (Å²) >= 11 is 1.21. The number of fused-ring (bicyclic) bond motifs is 2. The second-order valence-electron chi connectivity index (χ2n) is 9.91. The molecule has 2 aliphatic rings. The first-order chi connectivity index (χ1) is 17.1. The van der Waals surface area contributed by atoms with Gasteiger partial charge < -0.3 is 0 Å². The molecule has 2 atom stereocenters. The fourth-order valence-electron chi connectivity index (χ4n) is 5.03. The molecule has 4 heterocycles. The van der Waals surface area contributed by atoms with Crippen molar-refractivity contribution in [3.05, 3.63) is 46.2 Å². The summed E-state index contributed by atoms with van der Waals surface area (Å²) in [5, 5.41) is 0. The summed E-state index contributed by atoms with van der Waals surface area (Å²) in [5.74, 6) is -1.07. The molecule has 0 N–H and O–H groups in total. The number of nitrogens with zero attached hydrogens (tertiary/aromatic N) is 3. The topological polar surface area (TPSA) is 107 Å². The highest BCUT2D eigenvalue weighted by molar-refractivity contribution is 7.85. The highest BCUT2D eigenvalue weighted by Gasteiger charge is 2.72. The van der Waals surface area contributed by atoms with E-state index in [1.807, 2.05) is 13.8 Å². The van der Waals surface area contributed by atoms with Gasteiger partial charge in [-0.3, -0.25) is 23.7 Å². The Balaban J connectivity index is 1.57. The van der Waals surface area contributed by atoms with Crippen LogP contribution < -0.4 is 0 Å². The third-order valence-corrected chi connectivity index (χ3v) is 8.69. The lowest BCUT2D eigenvalue weighted by molar-refractivity contribution is -0.144. The van der Waals surface area contributed by atoms with Gasteiger partial charge in [0.05, 0.1) is 41.5 Å². The number of halogens is 3. The van der Waals surface area contributed by atoms with Crippen molar-refractivity contribution in [3.8, 4) is 11.1 Å². The van der Waals surface area contributed by atoms with Gasteiger partial charge in [-0.1, -0.05) is 13.8 Å². The van der Waals surface area contributed by atoms with Crippen molar-refractivity contribution in [1.82, 2.24) is 14.9 Å². The van der Waals surface area contributed by atoms with Crippen LogP contribution in [-0.2, 0) is 43.2 Å². The Morgan fingerprint density at radius 2 is 1.78 bits per heavy atom. The zero-order chi connectivity index (χ0) is 27.1. The normalized spacial score (nSPS) is 21.1. The van der Waals surface area contributed by atoms with E-state index in [1.165, 1.54) is 35.4 Å². The molecular weight excluding hydrogens is 531 g/mol. The number of thiophene rings is 1. The molecule has 2 amide bonds. The minimum Gasteiger partial charge on any atom is -0.277 e.